The zero-order valence-corrected chi connectivity index (χ0v) is 18.9. The highest BCUT2D eigenvalue weighted by Gasteiger charge is 2.45. The smallest absolute Gasteiger partial charge is 0.295 e. The average molecular weight is 443 g/mol. The van der Waals surface area contributed by atoms with E-state index in [0.717, 1.165) is 11.3 Å². The molecule has 1 amide bonds. The van der Waals surface area contributed by atoms with E-state index in [1.165, 1.54) is 4.90 Å². The van der Waals surface area contributed by atoms with Crippen molar-refractivity contribution in [3.05, 3.63) is 64.2 Å². The molecule has 0 aromatic heterocycles. The van der Waals surface area contributed by atoms with Gasteiger partial charge in [-0.2, -0.15) is 0 Å². The first kappa shape index (κ1) is 22.7. The van der Waals surface area contributed by atoms with Crippen molar-refractivity contribution >= 4 is 34.7 Å². The number of aliphatic hydroxyl groups excluding tert-OH is 1. The van der Waals surface area contributed by atoms with Crippen LogP contribution in [0.2, 0.25) is 5.02 Å². The Morgan fingerprint density at radius 1 is 1.13 bits per heavy atom. The molecule has 7 heteroatoms. The molecule has 1 atom stereocenters. The molecule has 1 fully saturated rings. The first-order valence-electron chi connectivity index (χ1n) is 10.3. The molecule has 1 aliphatic rings. The van der Waals surface area contributed by atoms with Gasteiger partial charge in [-0.3, -0.25) is 9.59 Å². The van der Waals surface area contributed by atoms with Crippen molar-refractivity contribution in [3.63, 3.8) is 0 Å². The van der Waals surface area contributed by atoms with Crippen LogP contribution in [0.25, 0.3) is 5.76 Å². The van der Waals surface area contributed by atoms with Gasteiger partial charge in [0.15, 0.2) is 0 Å². The normalized spacial score (nSPS) is 17.8. The average Bonchev–Trinajstić information content (AvgIpc) is 3.00. The van der Waals surface area contributed by atoms with Crippen LogP contribution < -0.4 is 9.64 Å². The van der Waals surface area contributed by atoms with E-state index >= 15 is 0 Å². The molecule has 0 aliphatic carbocycles. The van der Waals surface area contributed by atoms with E-state index in [0.29, 0.717) is 35.9 Å². The highest BCUT2D eigenvalue weighted by molar-refractivity contribution is 6.46. The zero-order valence-electron chi connectivity index (χ0n) is 18.2. The molecule has 1 unspecified atom stereocenters. The van der Waals surface area contributed by atoms with Gasteiger partial charge in [0.2, 0.25) is 0 Å². The van der Waals surface area contributed by atoms with Gasteiger partial charge >= 0.3 is 0 Å². The van der Waals surface area contributed by atoms with Crippen LogP contribution >= 0.6 is 11.6 Å². The number of nitrogens with zero attached hydrogens (tertiary/aromatic N) is 2. The Morgan fingerprint density at radius 3 is 2.39 bits per heavy atom. The summed E-state index contributed by atoms with van der Waals surface area (Å²) in [5.41, 5.74) is 2.20. The molecule has 1 N–H and O–H groups in total. The first-order chi connectivity index (χ1) is 14.8. The molecule has 3 rings (SSSR count). The number of rotatable bonds is 7. The molecule has 0 bridgehead atoms. The topological polar surface area (TPSA) is 70.1 Å². The standard InChI is InChI=1S/C24H27ClN2O4/c1-5-13-27-21(15-7-10-17(11-8-15)26(3)4)20(23(29)24(27)30)22(28)16-9-12-18(25)19(14-16)31-6-2/h7-12,14,21,28H,5-6,13H2,1-4H3/b22-20-. The zero-order chi connectivity index (χ0) is 22.7. The van der Waals surface area contributed by atoms with Gasteiger partial charge in [0, 0.05) is 31.9 Å². The lowest BCUT2D eigenvalue weighted by Gasteiger charge is -2.25. The van der Waals surface area contributed by atoms with Crippen molar-refractivity contribution in [2.24, 2.45) is 0 Å². The van der Waals surface area contributed by atoms with Crippen LogP contribution in [0.5, 0.6) is 5.75 Å². The van der Waals surface area contributed by atoms with Gasteiger partial charge in [0.05, 0.1) is 23.2 Å². The summed E-state index contributed by atoms with van der Waals surface area (Å²) in [7, 11) is 3.88. The molecule has 164 valence electrons. The Bertz CT molecular complexity index is 1010. The minimum absolute atomic E-state index is 0.0702. The van der Waals surface area contributed by atoms with E-state index in [-0.39, 0.29) is 11.3 Å². The lowest BCUT2D eigenvalue weighted by Crippen LogP contribution is -2.30. The number of Topliss-reactive ketones (excluding diaryl/α,β-unsaturated/α-hetero) is 1. The van der Waals surface area contributed by atoms with Gasteiger partial charge in [-0.05, 0) is 49.2 Å². The van der Waals surface area contributed by atoms with Crippen LogP contribution in [0.4, 0.5) is 5.69 Å². The Hall–Kier alpha value is -2.99. The van der Waals surface area contributed by atoms with Crippen LogP contribution in [-0.2, 0) is 9.59 Å². The lowest BCUT2D eigenvalue weighted by molar-refractivity contribution is -0.139. The number of halogens is 1. The Kier molecular flexibility index (Phi) is 6.91. The first-order valence-corrected chi connectivity index (χ1v) is 10.7. The fourth-order valence-electron chi connectivity index (χ4n) is 3.73. The van der Waals surface area contributed by atoms with E-state index in [2.05, 4.69) is 0 Å². The summed E-state index contributed by atoms with van der Waals surface area (Å²) >= 11 is 6.16. The molecular weight excluding hydrogens is 416 g/mol. The number of hydrogen-bond acceptors (Lipinski definition) is 5. The van der Waals surface area contributed by atoms with E-state index in [1.54, 1.807) is 18.2 Å². The number of aliphatic hydroxyl groups is 1. The van der Waals surface area contributed by atoms with Crippen LogP contribution in [0.3, 0.4) is 0 Å². The minimum Gasteiger partial charge on any atom is -0.507 e. The number of carbonyl (C=O) groups excluding carboxylic acids is 2. The van der Waals surface area contributed by atoms with Crippen LogP contribution in [0, 0.1) is 0 Å². The number of ether oxygens (including phenoxy) is 1. The fraction of sp³-hybridized carbons (Fsp3) is 0.333. The molecule has 0 saturated carbocycles. The Balaban J connectivity index is 2.15. The Labute approximate surface area is 187 Å². The number of ketones is 1. The molecule has 31 heavy (non-hydrogen) atoms. The van der Waals surface area contributed by atoms with Crippen molar-refractivity contribution < 1.29 is 19.4 Å². The second-order valence-corrected chi connectivity index (χ2v) is 7.96. The third-order valence-electron chi connectivity index (χ3n) is 5.23. The van der Waals surface area contributed by atoms with E-state index in [4.69, 9.17) is 16.3 Å². The summed E-state index contributed by atoms with van der Waals surface area (Å²) in [6.45, 7) is 4.59. The summed E-state index contributed by atoms with van der Waals surface area (Å²) < 4.78 is 5.51. The van der Waals surface area contributed by atoms with E-state index in [9.17, 15) is 14.7 Å². The van der Waals surface area contributed by atoms with Crippen LogP contribution in [0.1, 0.15) is 37.4 Å². The lowest BCUT2D eigenvalue weighted by atomic mass is 9.95. The summed E-state index contributed by atoms with van der Waals surface area (Å²) in [4.78, 5) is 29.3. The highest BCUT2D eigenvalue weighted by atomic mass is 35.5. The van der Waals surface area contributed by atoms with Crippen molar-refractivity contribution in [2.45, 2.75) is 26.3 Å². The molecule has 2 aromatic rings. The quantitative estimate of drug-likeness (QED) is 0.384. The van der Waals surface area contributed by atoms with Crippen molar-refractivity contribution in [1.29, 1.82) is 0 Å². The largest absolute Gasteiger partial charge is 0.507 e. The van der Waals surface area contributed by atoms with Crippen molar-refractivity contribution in [1.82, 2.24) is 4.90 Å². The summed E-state index contributed by atoms with van der Waals surface area (Å²) in [6, 6.07) is 11.8. The molecule has 0 radical (unpaired) electrons. The number of benzene rings is 2. The summed E-state index contributed by atoms with van der Waals surface area (Å²) in [5.74, 6) is -1.14. The monoisotopic (exact) mass is 442 g/mol. The molecule has 1 aliphatic heterocycles. The number of amides is 1. The van der Waals surface area contributed by atoms with E-state index in [1.807, 2.05) is 57.1 Å². The third-order valence-corrected chi connectivity index (χ3v) is 5.55. The summed E-state index contributed by atoms with van der Waals surface area (Å²) in [6.07, 6.45) is 0.689. The van der Waals surface area contributed by atoms with Gasteiger partial charge in [0.1, 0.15) is 11.5 Å². The highest BCUT2D eigenvalue weighted by Crippen LogP contribution is 2.40. The van der Waals surface area contributed by atoms with Crippen LogP contribution in [0.15, 0.2) is 48.0 Å². The van der Waals surface area contributed by atoms with Crippen molar-refractivity contribution in [3.8, 4) is 5.75 Å². The van der Waals surface area contributed by atoms with Gasteiger partial charge in [-0.1, -0.05) is 30.7 Å². The molecule has 2 aromatic carbocycles. The number of carbonyl (C=O) groups is 2. The van der Waals surface area contributed by atoms with Gasteiger partial charge < -0.3 is 19.6 Å². The SMILES string of the molecule is CCCN1C(=O)C(=O)/C(=C(\O)c2ccc(Cl)c(OCC)c2)C1c1ccc(N(C)C)cc1. The fourth-order valence-corrected chi connectivity index (χ4v) is 3.90. The van der Waals surface area contributed by atoms with Gasteiger partial charge in [-0.15, -0.1) is 0 Å². The number of hydrogen-bond donors (Lipinski definition) is 1. The molecule has 0 spiro atoms. The second-order valence-electron chi connectivity index (χ2n) is 7.56. The van der Waals surface area contributed by atoms with E-state index < -0.39 is 17.7 Å². The molecule has 1 heterocycles. The summed E-state index contributed by atoms with van der Waals surface area (Å²) in [5, 5.41) is 11.5. The number of likely N-dealkylation sites (tertiary alicyclic amines) is 1. The molecular formula is C24H27ClN2O4. The van der Waals surface area contributed by atoms with Crippen LogP contribution in [-0.4, -0.2) is 48.9 Å². The molecule has 6 nitrogen and oxygen atoms in total. The predicted molar refractivity (Wildman–Crippen MR) is 123 cm³/mol. The molecule has 1 saturated heterocycles. The second kappa shape index (κ2) is 9.43. The van der Waals surface area contributed by atoms with Gasteiger partial charge in [-0.25, -0.2) is 0 Å². The van der Waals surface area contributed by atoms with Gasteiger partial charge in [0.25, 0.3) is 11.7 Å². The number of anilines is 1. The maximum atomic E-state index is 13.0. The predicted octanol–water partition coefficient (Wildman–Crippen LogP) is 4.64. The Morgan fingerprint density at radius 2 is 1.81 bits per heavy atom. The minimum atomic E-state index is -0.694. The third kappa shape index (κ3) is 4.39. The van der Waals surface area contributed by atoms with Crippen molar-refractivity contribution in [2.75, 3.05) is 32.1 Å². The maximum absolute atomic E-state index is 13.0. The maximum Gasteiger partial charge on any atom is 0.295 e.